The van der Waals surface area contributed by atoms with Gasteiger partial charge >= 0.3 is 6.61 Å². The zero-order chi connectivity index (χ0) is 15.4. The number of benzene rings is 2. The Morgan fingerprint density at radius 2 is 1.71 bits per heavy atom. The lowest BCUT2D eigenvalue weighted by molar-refractivity contribution is -0.0493. The van der Waals surface area contributed by atoms with E-state index in [1.54, 1.807) is 0 Å². The van der Waals surface area contributed by atoms with Gasteiger partial charge in [0.25, 0.3) is 0 Å². The van der Waals surface area contributed by atoms with Gasteiger partial charge in [-0.05, 0) is 24.3 Å². The van der Waals surface area contributed by atoms with Gasteiger partial charge in [-0.25, -0.2) is 8.78 Å². The maximum absolute atomic E-state index is 13.8. The smallest absolute Gasteiger partial charge is 0.387 e. The van der Waals surface area contributed by atoms with Crippen molar-refractivity contribution in [1.82, 2.24) is 0 Å². The van der Waals surface area contributed by atoms with Crippen LogP contribution in [0.5, 0.6) is 5.75 Å². The van der Waals surface area contributed by atoms with Crippen LogP contribution < -0.4 is 10.1 Å². The average molecular weight is 296 g/mol. The molecule has 0 aliphatic heterocycles. The van der Waals surface area contributed by atoms with E-state index in [1.165, 1.54) is 30.3 Å². The summed E-state index contributed by atoms with van der Waals surface area (Å²) in [4.78, 5) is 0. The zero-order valence-corrected chi connectivity index (χ0v) is 10.4. The molecule has 0 saturated heterocycles. The first-order valence-corrected chi connectivity index (χ1v) is 5.72. The summed E-state index contributed by atoms with van der Waals surface area (Å²) in [5.74, 6) is -2.80. The van der Waals surface area contributed by atoms with Crippen LogP contribution in [0.15, 0.2) is 36.4 Å². The number of anilines is 2. The number of hydrogen-bond donors (Lipinski definition) is 1. The van der Waals surface area contributed by atoms with Crippen molar-refractivity contribution in [2.24, 2.45) is 0 Å². The van der Waals surface area contributed by atoms with Crippen molar-refractivity contribution in [3.63, 3.8) is 0 Å². The number of para-hydroxylation sites is 2. The summed E-state index contributed by atoms with van der Waals surface area (Å²) in [6.45, 7) is -3.05. The molecule has 0 fully saturated rings. The van der Waals surface area contributed by atoms with Crippen LogP contribution in [-0.2, 0) is 0 Å². The predicted octanol–water partition coefficient (Wildman–Crippen LogP) is 4.18. The molecule has 21 heavy (non-hydrogen) atoms. The summed E-state index contributed by atoms with van der Waals surface area (Å²) in [5, 5.41) is 11.0. The van der Waals surface area contributed by atoms with Gasteiger partial charge in [0.1, 0.15) is 11.8 Å². The van der Waals surface area contributed by atoms with Crippen molar-refractivity contribution in [3.05, 3.63) is 53.6 Å². The minimum atomic E-state index is -3.05. The molecule has 0 bridgehead atoms. The summed E-state index contributed by atoms with van der Waals surface area (Å²) < 4.78 is 56.0. The second kappa shape index (κ2) is 6.13. The molecule has 2 aromatic rings. The van der Waals surface area contributed by atoms with Crippen LogP contribution in [0.3, 0.4) is 0 Å². The van der Waals surface area contributed by atoms with Crippen LogP contribution >= 0.6 is 0 Å². The molecule has 3 nitrogen and oxygen atoms in total. The maximum Gasteiger partial charge on any atom is 0.387 e. The van der Waals surface area contributed by atoms with Crippen molar-refractivity contribution in [2.75, 3.05) is 5.32 Å². The van der Waals surface area contributed by atoms with E-state index >= 15 is 0 Å². The first-order valence-electron chi connectivity index (χ1n) is 5.72. The molecule has 0 amide bonds. The van der Waals surface area contributed by atoms with Gasteiger partial charge in [-0.3, -0.25) is 0 Å². The fourth-order valence-electron chi connectivity index (χ4n) is 1.65. The van der Waals surface area contributed by atoms with Gasteiger partial charge in [0.05, 0.1) is 16.9 Å². The molecule has 0 aromatic heterocycles. The topological polar surface area (TPSA) is 45.0 Å². The Labute approximate surface area is 117 Å². The third-order valence-corrected chi connectivity index (χ3v) is 2.58. The highest BCUT2D eigenvalue weighted by Crippen LogP contribution is 2.30. The molecule has 0 unspecified atom stereocenters. The standard InChI is InChI=1S/C14H8F4N2O/c15-12-8(7-19)5-6-10(13(12)16)20-9-3-1-2-4-11(9)21-14(17)18/h1-6,14,20H. The molecule has 0 heterocycles. The lowest BCUT2D eigenvalue weighted by Crippen LogP contribution is -2.05. The van der Waals surface area contributed by atoms with E-state index in [9.17, 15) is 17.6 Å². The number of hydrogen-bond acceptors (Lipinski definition) is 3. The van der Waals surface area contributed by atoms with Gasteiger partial charge in [-0.2, -0.15) is 14.0 Å². The van der Waals surface area contributed by atoms with Crippen molar-refractivity contribution >= 4 is 11.4 Å². The molecule has 0 saturated carbocycles. The van der Waals surface area contributed by atoms with E-state index in [1.807, 2.05) is 0 Å². The Bertz CT molecular complexity index is 698. The van der Waals surface area contributed by atoms with E-state index in [0.29, 0.717) is 0 Å². The number of nitrogens with one attached hydrogen (secondary N) is 1. The molecule has 7 heteroatoms. The second-order valence-electron chi connectivity index (χ2n) is 3.90. The third kappa shape index (κ3) is 3.23. The fourth-order valence-corrected chi connectivity index (χ4v) is 1.65. The SMILES string of the molecule is N#Cc1ccc(Nc2ccccc2OC(F)F)c(F)c1F. The Balaban J connectivity index is 2.35. The molecule has 0 aliphatic carbocycles. The zero-order valence-electron chi connectivity index (χ0n) is 10.4. The Morgan fingerprint density at radius 3 is 2.38 bits per heavy atom. The highest BCUT2D eigenvalue weighted by atomic mass is 19.3. The number of ether oxygens (including phenoxy) is 1. The number of alkyl halides is 2. The molecule has 0 spiro atoms. The molecule has 108 valence electrons. The minimum absolute atomic E-state index is 0.0424. The lowest BCUT2D eigenvalue weighted by Gasteiger charge is -2.13. The van der Waals surface area contributed by atoms with Crippen molar-refractivity contribution in [2.45, 2.75) is 6.61 Å². The summed E-state index contributed by atoms with van der Waals surface area (Å²) in [7, 11) is 0. The first kappa shape index (κ1) is 14.7. The molecular formula is C14H8F4N2O. The summed E-state index contributed by atoms with van der Waals surface area (Å²) in [5.41, 5.74) is -0.701. The van der Waals surface area contributed by atoms with Crippen molar-refractivity contribution in [3.8, 4) is 11.8 Å². The molecule has 1 N–H and O–H groups in total. The number of rotatable bonds is 4. The van der Waals surface area contributed by atoms with Crippen molar-refractivity contribution in [1.29, 1.82) is 5.26 Å². The van der Waals surface area contributed by atoms with Gasteiger partial charge in [0, 0.05) is 0 Å². The van der Waals surface area contributed by atoms with Crippen LogP contribution in [0.25, 0.3) is 0 Å². The molecule has 0 radical (unpaired) electrons. The average Bonchev–Trinajstić information content (AvgIpc) is 2.45. The summed E-state index contributed by atoms with van der Waals surface area (Å²) in [6.07, 6.45) is 0. The van der Waals surface area contributed by atoms with Crippen LogP contribution in [0.4, 0.5) is 28.9 Å². The Hall–Kier alpha value is -2.75. The van der Waals surface area contributed by atoms with Crippen molar-refractivity contribution < 1.29 is 22.3 Å². The van der Waals surface area contributed by atoms with E-state index in [4.69, 9.17) is 5.26 Å². The van der Waals surface area contributed by atoms with E-state index in [2.05, 4.69) is 10.1 Å². The normalized spacial score (nSPS) is 10.3. The summed E-state index contributed by atoms with van der Waals surface area (Å²) in [6, 6.07) is 9.31. The van der Waals surface area contributed by atoms with E-state index < -0.39 is 23.8 Å². The van der Waals surface area contributed by atoms with E-state index in [0.717, 1.165) is 12.1 Å². The Morgan fingerprint density at radius 1 is 1.00 bits per heavy atom. The van der Waals surface area contributed by atoms with Crippen LogP contribution in [0, 0.1) is 23.0 Å². The van der Waals surface area contributed by atoms with Gasteiger partial charge in [0.15, 0.2) is 11.6 Å². The quantitative estimate of drug-likeness (QED) is 0.861. The van der Waals surface area contributed by atoms with E-state index in [-0.39, 0.29) is 17.1 Å². The number of halogens is 4. The minimum Gasteiger partial charge on any atom is -0.433 e. The van der Waals surface area contributed by atoms with Gasteiger partial charge in [0.2, 0.25) is 0 Å². The van der Waals surface area contributed by atoms with Gasteiger partial charge < -0.3 is 10.1 Å². The highest BCUT2D eigenvalue weighted by Gasteiger charge is 2.15. The maximum atomic E-state index is 13.8. The predicted molar refractivity (Wildman–Crippen MR) is 67.4 cm³/mol. The molecular weight excluding hydrogens is 288 g/mol. The number of nitrogens with zero attached hydrogens (tertiary/aromatic N) is 1. The third-order valence-electron chi connectivity index (χ3n) is 2.58. The van der Waals surface area contributed by atoms with Crippen LogP contribution in [0.2, 0.25) is 0 Å². The largest absolute Gasteiger partial charge is 0.433 e. The summed E-state index contributed by atoms with van der Waals surface area (Å²) >= 11 is 0. The molecule has 2 rings (SSSR count). The van der Waals surface area contributed by atoms with Gasteiger partial charge in [-0.1, -0.05) is 12.1 Å². The van der Waals surface area contributed by atoms with Crippen LogP contribution in [0.1, 0.15) is 5.56 Å². The Kier molecular flexibility index (Phi) is 4.28. The highest BCUT2D eigenvalue weighted by molar-refractivity contribution is 5.67. The molecule has 0 aliphatic rings. The van der Waals surface area contributed by atoms with Gasteiger partial charge in [-0.15, -0.1) is 0 Å². The monoisotopic (exact) mass is 296 g/mol. The first-order chi connectivity index (χ1) is 10.0. The molecule has 0 atom stereocenters. The number of nitriles is 1. The second-order valence-corrected chi connectivity index (χ2v) is 3.90. The lowest BCUT2D eigenvalue weighted by atomic mass is 10.2. The molecule has 2 aromatic carbocycles. The fraction of sp³-hybridized carbons (Fsp3) is 0.0714. The van der Waals surface area contributed by atoms with Crippen LogP contribution in [-0.4, -0.2) is 6.61 Å².